The maximum atomic E-state index is 13.2. The number of hydrogen-bond donors (Lipinski definition) is 1. The van der Waals surface area contributed by atoms with Crippen LogP contribution in [0.5, 0.6) is 0 Å². The monoisotopic (exact) mass is 312 g/mol. The molecule has 0 aliphatic rings. The number of benzene rings is 1. The minimum absolute atomic E-state index is 0.261. The van der Waals surface area contributed by atoms with Crippen molar-refractivity contribution in [3.63, 3.8) is 0 Å². The first-order valence-corrected chi connectivity index (χ1v) is 6.51. The number of hydrogen-bond acceptors (Lipinski definition) is 3. The molecule has 1 aromatic heterocycles. The van der Waals surface area contributed by atoms with E-state index in [4.69, 9.17) is 5.73 Å². The SMILES string of the molecule is NCCCc1cn(Cc2cc(F)cc(Br)c2)nn1. The average molecular weight is 313 g/mol. The molecule has 0 saturated heterocycles. The van der Waals surface area contributed by atoms with E-state index in [9.17, 15) is 4.39 Å². The summed E-state index contributed by atoms with van der Waals surface area (Å²) < 4.78 is 15.6. The Kier molecular flexibility index (Phi) is 4.43. The van der Waals surface area contributed by atoms with Gasteiger partial charge in [-0.2, -0.15) is 0 Å². The molecule has 96 valence electrons. The topological polar surface area (TPSA) is 56.7 Å². The predicted octanol–water partition coefficient (Wildman–Crippen LogP) is 2.12. The summed E-state index contributed by atoms with van der Waals surface area (Å²) in [7, 11) is 0. The number of aryl methyl sites for hydroxylation is 1. The molecule has 4 nitrogen and oxygen atoms in total. The van der Waals surface area contributed by atoms with Crippen LogP contribution in [0.3, 0.4) is 0 Å². The van der Waals surface area contributed by atoms with Gasteiger partial charge in [-0.25, -0.2) is 9.07 Å². The lowest BCUT2D eigenvalue weighted by Crippen LogP contribution is -2.01. The highest BCUT2D eigenvalue weighted by molar-refractivity contribution is 9.10. The van der Waals surface area contributed by atoms with Crippen molar-refractivity contribution < 1.29 is 4.39 Å². The van der Waals surface area contributed by atoms with Crippen LogP contribution in [0.15, 0.2) is 28.9 Å². The Balaban J connectivity index is 2.06. The standard InChI is InChI=1S/C12H14BrFN4/c13-10-4-9(5-11(14)6-10)7-18-8-12(16-17-18)2-1-3-15/h4-6,8H,1-3,7,15H2. The molecule has 2 rings (SSSR count). The Morgan fingerprint density at radius 1 is 1.33 bits per heavy atom. The summed E-state index contributed by atoms with van der Waals surface area (Å²) in [4.78, 5) is 0. The lowest BCUT2D eigenvalue weighted by molar-refractivity contribution is 0.613. The van der Waals surface area contributed by atoms with Crippen molar-refractivity contribution in [2.75, 3.05) is 6.54 Å². The predicted molar refractivity (Wildman–Crippen MR) is 70.6 cm³/mol. The number of nitrogens with two attached hydrogens (primary N) is 1. The van der Waals surface area contributed by atoms with Crippen molar-refractivity contribution in [2.24, 2.45) is 5.73 Å². The zero-order valence-electron chi connectivity index (χ0n) is 9.81. The molecule has 0 atom stereocenters. The molecule has 18 heavy (non-hydrogen) atoms. The molecular formula is C12H14BrFN4. The summed E-state index contributed by atoms with van der Waals surface area (Å²) in [6.45, 7) is 1.15. The van der Waals surface area contributed by atoms with E-state index in [1.54, 1.807) is 4.68 Å². The molecule has 1 heterocycles. The van der Waals surface area contributed by atoms with Crippen LogP contribution in [0, 0.1) is 5.82 Å². The van der Waals surface area contributed by atoms with Crippen LogP contribution in [0.1, 0.15) is 17.7 Å². The van der Waals surface area contributed by atoms with Gasteiger partial charge in [0.05, 0.1) is 12.2 Å². The number of nitrogens with zero attached hydrogens (tertiary/aromatic N) is 3. The molecule has 0 bridgehead atoms. The van der Waals surface area contributed by atoms with Crippen molar-refractivity contribution in [3.8, 4) is 0 Å². The Hall–Kier alpha value is -1.27. The fourth-order valence-electron chi connectivity index (χ4n) is 1.70. The van der Waals surface area contributed by atoms with Crippen LogP contribution in [0.2, 0.25) is 0 Å². The van der Waals surface area contributed by atoms with Gasteiger partial charge >= 0.3 is 0 Å². The molecule has 0 saturated carbocycles. The Bertz CT molecular complexity index is 506. The normalized spacial score (nSPS) is 10.8. The van der Waals surface area contributed by atoms with Gasteiger partial charge in [-0.15, -0.1) is 5.10 Å². The van der Waals surface area contributed by atoms with Crippen molar-refractivity contribution in [2.45, 2.75) is 19.4 Å². The average Bonchev–Trinajstić information content (AvgIpc) is 2.72. The van der Waals surface area contributed by atoms with Crippen LogP contribution in [-0.4, -0.2) is 21.5 Å². The molecule has 2 N–H and O–H groups in total. The number of rotatable bonds is 5. The lowest BCUT2D eigenvalue weighted by Gasteiger charge is -2.02. The molecule has 2 aromatic rings. The molecule has 0 aliphatic carbocycles. The summed E-state index contributed by atoms with van der Waals surface area (Å²) >= 11 is 3.27. The second-order valence-corrected chi connectivity index (χ2v) is 4.99. The van der Waals surface area contributed by atoms with Crippen LogP contribution in [0.4, 0.5) is 4.39 Å². The van der Waals surface area contributed by atoms with E-state index in [0.717, 1.165) is 28.6 Å². The van der Waals surface area contributed by atoms with Crippen LogP contribution in [-0.2, 0) is 13.0 Å². The van der Waals surface area contributed by atoms with Crippen molar-refractivity contribution in [1.82, 2.24) is 15.0 Å². The molecule has 0 spiro atoms. The van der Waals surface area contributed by atoms with Crippen LogP contribution >= 0.6 is 15.9 Å². The smallest absolute Gasteiger partial charge is 0.124 e. The van der Waals surface area contributed by atoms with Crippen LogP contribution in [0.25, 0.3) is 0 Å². The van der Waals surface area contributed by atoms with E-state index in [-0.39, 0.29) is 5.82 Å². The van der Waals surface area contributed by atoms with Crippen molar-refractivity contribution >= 4 is 15.9 Å². The van der Waals surface area contributed by atoms with Gasteiger partial charge < -0.3 is 5.73 Å². The highest BCUT2D eigenvalue weighted by atomic mass is 79.9. The van der Waals surface area contributed by atoms with Gasteiger partial charge in [0, 0.05) is 10.7 Å². The molecule has 0 fully saturated rings. The highest BCUT2D eigenvalue weighted by Gasteiger charge is 2.03. The summed E-state index contributed by atoms with van der Waals surface area (Å²) in [6.07, 6.45) is 3.59. The highest BCUT2D eigenvalue weighted by Crippen LogP contribution is 2.15. The van der Waals surface area contributed by atoms with Gasteiger partial charge in [0.25, 0.3) is 0 Å². The zero-order chi connectivity index (χ0) is 13.0. The van der Waals surface area contributed by atoms with Crippen LogP contribution < -0.4 is 5.73 Å². The first kappa shape index (κ1) is 13.2. The van der Waals surface area contributed by atoms with E-state index in [1.165, 1.54) is 12.1 Å². The van der Waals surface area contributed by atoms with E-state index in [1.807, 2.05) is 12.3 Å². The fraction of sp³-hybridized carbons (Fsp3) is 0.333. The third kappa shape index (κ3) is 3.61. The van der Waals surface area contributed by atoms with E-state index >= 15 is 0 Å². The Morgan fingerprint density at radius 2 is 2.17 bits per heavy atom. The molecule has 0 radical (unpaired) electrons. The first-order valence-electron chi connectivity index (χ1n) is 5.71. The van der Waals surface area contributed by atoms with Crippen molar-refractivity contribution in [3.05, 3.63) is 45.9 Å². The van der Waals surface area contributed by atoms with E-state index in [0.29, 0.717) is 13.1 Å². The lowest BCUT2D eigenvalue weighted by atomic mass is 10.2. The first-order chi connectivity index (χ1) is 8.67. The van der Waals surface area contributed by atoms with E-state index in [2.05, 4.69) is 26.2 Å². The molecule has 0 aliphatic heterocycles. The maximum Gasteiger partial charge on any atom is 0.124 e. The van der Waals surface area contributed by atoms with Gasteiger partial charge in [-0.05, 0) is 43.1 Å². The van der Waals surface area contributed by atoms with Crippen molar-refractivity contribution in [1.29, 1.82) is 0 Å². The summed E-state index contributed by atoms with van der Waals surface area (Å²) in [6, 6.07) is 4.79. The van der Waals surface area contributed by atoms with E-state index < -0.39 is 0 Å². The molecule has 0 unspecified atom stereocenters. The largest absolute Gasteiger partial charge is 0.330 e. The summed E-state index contributed by atoms with van der Waals surface area (Å²) in [5.74, 6) is -0.261. The van der Waals surface area contributed by atoms with Gasteiger partial charge in [0.2, 0.25) is 0 Å². The van der Waals surface area contributed by atoms with Gasteiger partial charge in [-0.1, -0.05) is 21.1 Å². The van der Waals surface area contributed by atoms with Gasteiger partial charge in [0.15, 0.2) is 0 Å². The molecule has 1 aromatic carbocycles. The fourth-order valence-corrected chi connectivity index (χ4v) is 2.22. The Labute approximate surface area is 113 Å². The van der Waals surface area contributed by atoms with Gasteiger partial charge in [-0.3, -0.25) is 0 Å². The third-order valence-electron chi connectivity index (χ3n) is 2.49. The minimum atomic E-state index is -0.261. The Morgan fingerprint density at radius 3 is 2.89 bits per heavy atom. The second-order valence-electron chi connectivity index (χ2n) is 4.08. The van der Waals surface area contributed by atoms with Gasteiger partial charge in [0.1, 0.15) is 5.82 Å². The zero-order valence-corrected chi connectivity index (χ0v) is 11.4. The summed E-state index contributed by atoms with van der Waals surface area (Å²) in [5, 5.41) is 8.06. The third-order valence-corrected chi connectivity index (χ3v) is 2.95. The quantitative estimate of drug-likeness (QED) is 0.920. The number of aromatic nitrogens is 3. The molecule has 0 amide bonds. The molecule has 6 heteroatoms. The summed E-state index contributed by atoms with van der Waals surface area (Å²) in [5.41, 5.74) is 7.20. The number of halogens is 2. The minimum Gasteiger partial charge on any atom is -0.330 e. The maximum absolute atomic E-state index is 13.2. The molecular weight excluding hydrogens is 299 g/mol. The second kappa shape index (κ2) is 6.06.